The summed E-state index contributed by atoms with van der Waals surface area (Å²) < 4.78 is 7.31. The van der Waals surface area contributed by atoms with Crippen molar-refractivity contribution in [3.05, 3.63) is 55.0 Å². The van der Waals surface area contributed by atoms with Crippen LogP contribution in [0.3, 0.4) is 0 Å². The number of imidazole rings is 1. The summed E-state index contributed by atoms with van der Waals surface area (Å²) in [7, 11) is 0. The second kappa shape index (κ2) is 4.77. The standard InChI is InChI=1S/C16H13N5O/c1-10-16(11(2)22-20-10)14-3-12(13-4-17-8-18-5-13)7-21-9-19-6-15(14)21/h3-9H,1-2H3. The fourth-order valence-electron chi connectivity index (χ4n) is 2.71. The topological polar surface area (TPSA) is 69.1 Å². The highest BCUT2D eigenvalue weighted by Crippen LogP contribution is 2.33. The number of nitrogens with zero attached hydrogens (tertiary/aromatic N) is 5. The SMILES string of the molecule is Cc1noc(C)c1-c1cc(-c2cncnc2)cn2cncc12. The third-order valence-electron chi connectivity index (χ3n) is 3.72. The van der Waals surface area contributed by atoms with Gasteiger partial charge in [0, 0.05) is 40.8 Å². The van der Waals surface area contributed by atoms with E-state index in [1.165, 1.54) is 6.33 Å². The van der Waals surface area contributed by atoms with Gasteiger partial charge in [-0.3, -0.25) is 0 Å². The van der Waals surface area contributed by atoms with Crippen LogP contribution < -0.4 is 0 Å². The number of hydrogen-bond acceptors (Lipinski definition) is 5. The molecule has 0 aromatic carbocycles. The molecule has 6 heteroatoms. The molecular weight excluding hydrogens is 278 g/mol. The molecule has 4 aromatic heterocycles. The summed E-state index contributed by atoms with van der Waals surface area (Å²) in [5, 5.41) is 4.06. The second-order valence-corrected chi connectivity index (χ2v) is 5.15. The molecule has 4 rings (SSSR count). The van der Waals surface area contributed by atoms with Gasteiger partial charge in [0.1, 0.15) is 12.1 Å². The first-order chi connectivity index (χ1) is 10.7. The van der Waals surface area contributed by atoms with Gasteiger partial charge >= 0.3 is 0 Å². The Morgan fingerprint density at radius 3 is 2.55 bits per heavy atom. The molecule has 4 aromatic rings. The molecule has 0 saturated heterocycles. The summed E-state index contributed by atoms with van der Waals surface area (Å²) in [6.45, 7) is 3.86. The molecule has 0 atom stereocenters. The quantitative estimate of drug-likeness (QED) is 0.567. The molecule has 0 aliphatic carbocycles. The second-order valence-electron chi connectivity index (χ2n) is 5.15. The van der Waals surface area contributed by atoms with Gasteiger partial charge in [0.05, 0.1) is 23.7 Å². The van der Waals surface area contributed by atoms with Crippen molar-refractivity contribution in [2.75, 3.05) is 0 Å². The molecule has 0 fully saturated rings. The lowest BCUT2D eigenvalue weighted by atomic mass is 10.0. The van der Waals surface area contributed by atoms with E-state index >= 15 is 0 Å². The number of hydrogen-bond donors (Lipinski definition) is 0. The van der Waals surface area contributed by atoms with E-state index in [9.17, 15) is 0 Å². The highest BCUT2D eigenvalue weighted by molar-refractivity contribution is 5.85. The number of fused-ring (bicyclic) bond motifs is 1. The maximum Gasteiger partial charge on any atom is 0.141 e. The predicted molar refractivity (Wildman–Crippen MR) is 81.2 cm³/mol. The average molecular weight is 291 g/mol. The van der Waals surface area contributed by atoms with Crippen molar-refractivity contribution in [3.8, 4) is 22.3 Å². The summed E-state index contributed by atoms with van der Waals surface area (Å²) in [6.07, 6.45) is 10.7. The van der Waals surface area contributed by atoms with Crippen molar-refractivity contribution in [2.45, 2.75) is 13.8 Å². The molecule has 22 heavy (non-hydrogen) atoms. The molecule has 0 N–H and O–H groups in total. The first kappa shape index (κ1) is 12.7. The van der Waals surface area contributed by atoms with Crippen LogP contribution in [0.4, 0.5) is 0 Å². The van der Waals surface area contributed by atoms with Crippen LogP contribution in [-0.2, 0) is 0 Å². The third kappa shape index (κ3) is 1.88. The van der Waals surface area contributed by atoms with E-state index in [0.717, 1.165) is 39.2 Å². The highest BCUT2D eigenvalue weighted by Gasteiger charge is 2.16. The molecule has 0 bridgehead atoms. The molecule has 6 nitrogen and oxygen atoms in total. The van der Waals surface area contributed by atoms with Gasteiger partial charge in [-0.25, -0.2) is 15.0 Å². The fraction of sp³-hybridized carbons (Fsp3) is 0.125. The zero-order valence-corrected chi connectivity index (χ0v) is 12.2. The molecule has 0 unspecified atom stereocenters. The molecule has 0 saturated carbocycles. The Bertz CT molecular complexity index is 936. The minimum Gasteiger partial charge on any atom is -0.361 e. The van der Waals surface area contributed by atoms with Crippen LogP contribution in [0.5, 0.6) is 0 Å². The van der Waals surface area contributed by atoms with Crippen LogP contribution in [0.15, 0.2) is 48.0 Å². The Hall–Kier alpha value is -3.02. The van der Waals surface area contributed by atoms with E-state index in [0.29, 0.717) is 0 Å². The van der Waals surface area contributed by atoms with Crippen LogP contribution in [0.2, 0.25) is 0 Å². The fourth-order valence-corrected chi connectivity index (χ4v) is 2.71. The number of rotatable bonds is 2. The minimum absolute atomic E-state index is 0.794. The van der Waals surface area contributed by atoms with E-state index in [1.54, 1.807) is 18.7 Å². The molecule has 0 spiro atoms. The van der Waals surface area contributed by atoms with Crippen molar-refractivity contribution < 1.29 is 4.52 Å². The van der Waals surface area contributed by atoms with E-state index in [1.807, 2.05) is 30.6 Å². The van der Waals surface area contributed by atoms with E-state index in [-0.39, 0.29) is 0 Å². The van der Waals surface area contributed by atoms with Crippen molar-refractivity contribution in [1.29, 1.82) is 0 Å². The van der Waals surface area contributed by atoms with Gasteiger partial charge in [0.25, 0.3) is 0 Å². The zero-order chi connectivity index (χ0) is 15.1. The average Bonchev–Trinajstić information content (AvgIpc) is 3.14. The molecule has 0 aliphatic heterocycles. The van der Waals surface area contributed by atoms with Crippen LogP contribution in [0.25, 0.3) is 27.8 Å². The maximum atomic E-state index is 5.32. The Morgan fingerprint density at radius 1 is 1.00 bits per heavy atom. The van der Waals surface area contributed by atoms with Gasteiger partial charge in [-0.05, 0) is 19.9 Å². The lowest BCUT2D eigenvalue weighted by molar-refractivity contribution is 0.393. The van der Waals surface area contributed by atoms with Crippen molar-refractivity contribution in [3.63, 3.8) is 0 Å². The maximum absolute atomic E-state index is 5.32. The monoisotopic (exact) mass is 291 g/mol. The van der Waals surface area contributed by atoms with Crippen molar-refractivity contribution >= 4 is 5.52 Å². The van der Waals surface area contributed by atoms with Gasteiger partial charge < -0.3 is 8.92 Å². The predicted octanol–water partition coefficient (Wildman–Crippen LogP) is 3.06. The van der Waals surface area contributed by atoms with E-state index in [4.69, 9.17) is 4.52 Å². The van der Waals surface area contributed by atoms with Gasteiger partial charge in [-0.2, -0.15) is 0 Å². The van der Waals surface area contributed by atoms with Gasteiger partial charge in [-0.1, -0.05) is 5.16 Å². The lowest BCUT2D eigenvalue weighted by Crippen LogP contribution is -1.92. The highest BCUT2D eigenvalue weighted by atomic mass is 16.5. The summed E-state index contributed by atoms with van der Waals surface area (Å²) >= 11 is 0. The molecule has 0 amide bonds. The summed E-state index contributed by atoms with van der Waals surface area (Å²) in [4.78, 5) is 12.4. The molecule has 0 aliphatic rings. The number of aromatic nitrogens is 5. The Balaban J connectivity index is 2.04. The largest absolute Gasteiger partial charge is 0.361 e. The van der Waals surface area contributed by atoms with Crippen LogP contribution >= 0.6 is 0 Å². The lowest BCUT2D eigenvalue weighted by Gasteiger charge is -2.08. The molecule has 4 heterocycles. The van der Waals surface area contributed by atoms with Crippen LogP contribution in [-0.4, -0.2) is 24.5 Å². The molecule has 0 radical (unpaired) electrons. The minimum atomic E-state index is 0.794. The summed E-state index contributed by atoms with van der Waals surface area (Å²) in [6, 6.07) is 2.10. The number of pyridine rings is 1. The van der Waals surface area contributed by atoms with Gasteiger partial charge in [0.2, 0.25) is 0 Å². The van der Waals surface area contributed by atoms with E-state index < -0.39 is 0 Å². The summed E-state index contributed by atoms with van der Waals surface area (Å²) in [5.41, 5.74) is 5.88. The van der Waals surface area contributed by atoms with Gasteiger partial charge in [0.15, 0.2) is 0 Å². The molecule has 108 valence electrons. The van der Waals surface area contributed by atoms with Crippen molar-refractivity contribution in [2.24, 2.45) is 0 Å². The smallest absolute Gasteiger partial charge is 0.141 e. The molecular formula is C16H13N5O. The Labute approximate surface area is 126 Å². The van der Waals surface area contributed by atoms with E-state index in [2.05, 4.69) is 26.2 Å². The first-order valence-electron chi connectivity index (χ1n) is 6.88. The zero-order valence-electron chi connectivity index (χ0n) is 12.2. The van der Waals surface area contributed by atoms with Crippen LogP contribution in [0.1, 0.15) is 11.5 Å². The number of aryl methyl sites for hydroxylation is 2. The normalized spacial score (nSPS) is 11.2. The van der Waals surface area contributed by atoms with Gasteiger partial charge in [-0.15, -0.1) is 0 Å². The first-order valence-corrected chi connectivity index (χ1v) is 6.88. The third-order valence-corrected chi connectivity index (χ3v) is 3.72. The van der Waals surface area contributed by atoms with Crippen molar-refractivity contribution in [1.82, 2.24) is 24.5 Å². The Kier molecular flexibility index (Phi) is 2.75. The van der Waals surface area contributed by atoms with Crippen LogP contribution in [0, 0.1) is 13.8 Å². The summed E-state index contributed by atoms with van der Waals surface area (Å²) in [5.74, 6) is 0.794. The Morgan fingerprint density at radius 2 is 1.82 bits per heavy atom.